The van der Waals surface area contributed by atoms with Crippen molar-refractivity contribution in [2.75, 3.05) is 6.61 Å². The molecule has 61 valence electrons. The Morgan fingerprint density at radius 1 is 1.64 bits per heavy atom. The van der Waals surface area contributed by atoms with Crippen LogP contribution < -0.4 is 0 Å². The first kappa shape index (κ1) is 9.92. The zero-order chi connectivity index (χ0) is 8.69. The van der Waals surface area contributed by atoms with E-state index in [1.807, 2.05) is 6.92 Å². The Balaban J connectivity index is 3.60. The molecule has 0 aliphatic heterocycles. The number of carbonyl (C=O) groups excluding carboxylic acids is 1. The Kier molecular flexibility index (Phi) is 5.13. The van der Waals surface area contributed by atoms with E-state index in [1.165, 1.54) is 6.92 Å². The van der Waals surface area contributed by atoms with Gasteiger partial charge in [-0.05, 0) is 6.42 Å². The Bertz CT molecular complexity index is 162. The third-order valence-corrected chi connectivity index (χ3v) is 0.765. The largest absolute Gasteiger partial charge is 0.412 e. The lowest BCUT2D eigenvalue weighted by Crippen LogP contribution is -2.10. The van der Waals surface area contributed by atoms with Crippen molar-refractivity contribution >= 4 is 5.97 Å². The summed E-state index contributed by atoms with van der Waals surface area (Å²) < 4.78 is 9.16. The predicted octanol–water partition coefficient (Wildman–Crippen LogP) is 0.989. The van der Waals surface area contributed by atoms with Gasteiger partial charge in [0.05, 0.1) is 6.61 Å². The van der Waals surface area contributed by atoms with E-state index in [9.17, 15) is 4.79 Å². The van der Waals surface area contributed by atoms with Gasteiger partial charge in [-0.2, -0.15) is 5.26 Å². The van der Waals surface area contributed by atoms with Crippen LogP contribution in [-0.4, -0.2) is 12.6 Å². The molecule has 0 heterocycles. The second-order valence-electron chi connectivity index (χ2n) is 1.84. The van der Waals surface area contributed by atoms with Crippen LogP contribution >= 0.6 is 0 Å². The van der Waals surface area contributed by atoms with E-state index < -0.39 is 5.97 Å². The number of rotatable bonds is 4. The maximum Gasteiger partial charge on any atom is 0.386 e. The molecule has 0 N–H and O–H groups in total. The summed E-state index contributed by atoms with van der Waals surface area (Å²) in [6.45, 7) is 3.49. The van der Waals surface area contributed by atoms with E-state index in [-0.39, 0.29) is 6.29 Å². The molecule has 0 saturated carbocycles. The van der Waals surface area contributed by atoms with Gasteiger partial charge in [0.15, 0.2) is 6.07 Å². The monoisotopic (exact) mass is 156 g/mol. The highest BCUT2D eigenvalue weighted by Gasteiger charge is 2.12. The van der Waals surface area contributed by atoms with Crippen LogP contribution in [-0.2, 0) is 14.3 Å². The van der Waals surface area contributed by atoms with Crippen LogP contribution in [0.5, 0.6) is 0 Å². The van der Waals surface area contributed by atoms with E-state index in [1.54, 1.807) is 6.07 Å². The van der Waals surface area contributed by atoms with Crippen molar-refractivity contribution in [3.8, 4) is 6.07 Å². The van der Waals surface area contributed by atoms with E-state index in [0.717, 1.165) is 6.42 Å². The first-order valence-electron chi connectivity index (χ1n) is 3.29. The molecule has 0 aromatic heterocycles. The van der Waals surface area contributed by atoms with Crippen LogP contribution in [0.1, 0.15) is 20.3 Å². The number of hydrogen-bond acceptors (Lipinski definition) is 4. The molecule has 0 aromatic carbocycles. The molecule has 11 heavy (non-hydrogen) atoms. The minimum atomic E-state index is -0.544. The Hall–Kier alpha value is -1.08. The van der Waals surface area contributed by atoms with Gasteiger partial charge < -0.3 is 9.47 Å². The molecule has 0 aliphatic rings. The molecule has 0 aliphatic carbocycles. The first-order valence-corrected chi connectivity index (χ1v) is 3.29. The van der Waals surface area contributed by atoms with Crippen LogP contribution in [0.15, 0.2) is 0 Å². The molecule has 4 heteroatoms. The summed E-state index contributed by atoms with van der Waals surface area (Å²) in [5, 5.41) is 8.31. The average molecular weight is 156 g/mol. The van der Waals surface area contributed by atoms with E-state index in [4.69, 9.17) is 10.00 Å². The van der Waals surface area contributed by atoms with E-state index >= 15 is 0 Å². The van der Waals surface area contributed by atoms with Crippen LogP contribution in [0.2, 0.25) is 0 Å². The van der Waals surface area contributed by atoms with Gasteiger partial charge in [0.1, 0.15) is 0 Å². The molecule has 0 aromatic rings. The van der Waals surface area contributed by atoms with Gasteiger partial charge in [0.25, 0.3) is 0 Å². The van der Waals surface area contributed by atoms with Crippen molar-refractivity contribution in [2.24, 2.45) is 0 Å². The Labute approximate surface area is 65.7 Å². The smallest absolute Gasteiger partial charge is 0.386 e. The average Bonchev–Trinajstić information content (AvgIpc) is 1.97. The first-order chi connectivity index (χ1) is 5.20. The molecule has 0 fully saturated rings. The molecular formula is C7H10NO3. The van der Waals surface area contributed by atoms with Crippen molar-refractivity contribution in [2.45, 2.75) is 20.3 Å². The van der Waals surface area contributed by atoms with Crippen LogP contribution in [0, 0.1) is 17.6 Å². The van der Waals surface area contributed by atoms with Gasteiger partial charge >= 0.3 is 12.3 Å². The molecule has 0 rings (SSSR count). The molecule has 0 atom stereocenters. The molecule has 0 unspecified atom stereocenters. The number of carbonyl (C=O) groups is 1. The standard InChI is InChI=1S/C7H10NO3/c1-3-4-10-7(5-8)11-6(2)9/h3-4H2,1-2H3. The fraction of sp³-hybridized carbons (Fsp3) is 0.571. The summed E-state index contributed by atoms with van der Waals surface area (Å²) in [5.41, 5.74) is 0. The van der Waals surface area contributed by atoms with Crippen molar-refractivity contribution in [3.05, 3.63) is 6.29 Å². The normalized spacial score (nSPS) is 9.27. The third-order valence-electron chi connectivity index (χ3n) is 0.765. The van der Waals surface area contributed by atoms with Gasteiger partial charge in [0.2, 0.25) is 0 Å². The lowest BCUT2D eigenvalue weighted by atomic mass is 10.5. The highest BCUT2D eigenvalue weighted by atomic mass is 16.7. The summed E-state index contributed by atoms with van der Waals surface area (Å²) in [7, 11) is 0. The highest BCUT2D eigenvalue weighted by molar-refractivity contribution is 5.67. The number of hydrogen-bond donors (Lipinski definition) is 0. The summed E-state index contributed by atoms with van der Waals surface area (Å²) >= 11 is 0. The molecule has 0 amide bonds. The quantitative estimate of drug-likeness (QED) is 0.569. The number of nitriles is 1. The second-order valence-corrected chi connectivity index (χ2v) is 1.84. The van der Waals surface area contributed by atoms with Crippen molar-refractivity contribution in [1.82, 2.24) is 0 Å². The van der Waals surface area contributed by atoms with Crippen molar-refractivity contribution in [3.63, 3.8) is 0 Å². The third kappa shape index (κ3) is 5.37. The van der Waals surface area contributed by atoms with Gasteiger partial charge in [0, 0.05) is 6.92 Å². The fourth-order valence-electron chi connectivity index (χ4n) is 0.410. The number of ether oxygens (including phenoxy) is 2. The van der Waals surface area contributed by atoms with Crippen LogP contribution in [0.4, 0.5) is 0 Å². The van der Waals surface area contributed by atoms with Crippen LogP contribution in [0.25, 0.3) is 0 Å². The van der Waals surface area contributed by atoms with Crippen molar-refractivity contribution in [1.29, 1.82) is 5.26 Å². The lowest BCUT2D eigenvalue weighted by molar-refractivity contribution is -0.147. The Morgan fingerprint density at radius 3 is 2.64 bits per heavy atom. The van der Waals surface area contributed by atoms with Crippen molar-refractivity contribution < 1.29 is 14.3 Å². The highest BCUT2D eigenvalue weighted by Crippen LogP contribution is 2.03. The molecular weight excluding hydrogens is 146 g/mol. The molecule has 1 radical (unpaired) electrons. The minimum absolute atomic E-state index is 0.278. The van der Waals surface area contributed by atoms with Gasteiger partial charge in [-0.1, -0.05) is 6.92 Å². The molecule has 0 bridgehead atoms. The topological polar surface area (TPSA) is 59.3 Å². The predicted molar refractivity (Wildman–Crippen MR) is 36.9 cm³/mol. The lowest BCUT2D eigenvalue weighted by Gasteiger charge is -2.05. The maximum atomic E-state index is 10.3. The van der Waals surface area contributed by atoms with E-state index in [2.05, 4.69) is 4.74 Å². The van der Waals surface area contributed by atoms with E-state index in [0.29, 0.717) is 6.61 Å². The number of esters is 1. The SMILES string of the molecule is CCCO[C](C#N)OC(C)=O. The summed E-state index contributed by atoms with van der Waals surface area (Å²) in [6.07, 6.45) is 0.492. The zero-order valence-electron chi connectivity index (χ0n) is 6.59. The maximum absolute atomic E-state index is 10.3. The Morgan fingerprint density at radius 2 is 2.27 bits per heavy atom. The molecule has 4 nitrogen and oxygen atoms in total. The van der Waals surface area contributed by atoms with Gasteiger partial charge in [-0.15, -0.1) is 0 Å². The van der Waals surface area contributed by atoms with Gasteiger partial charge in [-0.3, -0.25) is 4.79 Å². The fourth-order valence-corrected chi connectivity index (χ4v) is 0.410. The summed E-state index contributed by atoms with van der Waals surface area (Å²) in [5.74, 6) is -0.544. The van der Waals surface area contributed by atoms with Crippen LogP contribution in [0.3, 0.4) is 0 Å². The summed E-state index contributed by atoms with van der Waals surface area (Å²) in [4.78, 5) is 10.3. The summed E-state index contributed by atoms with van der Waals surface area (Å²) in [6, 6.07) is 1.62. The van der Waals surface area contributed by atoms with Gasteiger partial charge in [-0.25, -0.2) is 0 Å². The zero-order valence-corrected chi connectivity index (χ0v) is 6.59. The molecule has 0 spiro atoms. The number of nitrogens with zero attached hydrogens (tertiary/aromatic N) is 1. The second kappa shape index (κ2) is 5.69. The minimum Gasteiger partial charge on any atom is -0.412 e. The molecule has 0 saturated heterocycles.